The summed E-state index contributed by atoms with van der Waals surface area (Å²) in [4.78, 5) is 16.3. The molecule has 1 aromatic heterocycles. The second-order valence-electron chi connectivity index (χ2n) is 5.37. The molecule has 2 unspecified atom stereocenters. The van der Waals surface area contributed by atoms with Crippen LogP contribution >= 0.6 is 0 Å². The highest BCUT2D eigenvalue weighted by molar-refractivity contribution is 5.81. The van der Waals surface area contributed by atoms with E-state index in [1.165, 1.54) is 6.33 Å². The first-order valence-electron chi connectivity index (χ1n) is 6.86. The Kier molecular flexibility index (Phi) is 4.19. The molecule has 1 heterocycles. The van der Waals surface area contributed by atoms with Crippen molar-refractivity contribution >= 4 is 5.97 Å². The third-order valence-electron chi connectivity index (χ3n) is 3.53. The van der Waals surface area contributed by atoms with Crippen LogP contribution in [-0.4, -0.2) is 38.9 Å². The van der Waals surface area contributed by atoms with E-state index in [2.05, 4.69) is 15.4 Å². The van der Waals surface area contributed by atoms with Gasteiger partial charge in [-0.15, -0.1) is 0 Å². The molecule has 0 saturated heterocycles. The molecular weight excluding hydrogens is 244 g/mol. The van der Waals surface area contributed by atoms with Gasteiger partial charge in [-0.3, -0.25) is 10.1 Å². The Morgan fingerprint density at radius 2 is 2.42 bits per heavy atom. The van der Waals surface area contributed by atoms with Crippen LogP contribution < -0.4 is 5.32 Å². The van der Waals surface area contributed by atoms with Crippen LogP contribution in [0.5, 0.6) is 0 Å². The average molecular weight is 266 g/mol. The molecule has 1 N–H and O–H groups in total. The summed E-state index contributed by atoms with van der Waals surface area (Å²) in [6, 6.07) is 0.442. The number of esters is 1. The molecule has 0 bridgehead atoms. The molecule has 1 aromatic rings. The Labute approximate surface area is 113 Å². The highest BCUT2D eigenvalue weighted by Crippen LogP contribution is 2.38. The predicted molar refractivity (Wildman–Crippen MR) is 70.5 cm³/mol. The molecule has 0 aromatic carbocycles. The van der Waals surface area contributed by atoms with Crippen LogP contribution in [0, 0.1) is 0 Å². The maximum absolute atomic E-state index is 12.3. The zero-order chi connectivity index (χ0) is 13.9. The summed E-state index contributed by atoms with van der Waals surface area (Å²) < 4.78 is 7.09. The van der Waals surface area contributed by atoms with Crippen LogP contribution in [0.2, 0.25) is 0 Å². The van der Waals surface area contributed by atoms with Crippen molar-refractivity contribution in [3.05, 3.63) is 12.7 Å². The Hall–Kier alpha value is -1.43. The van der Waals surface area contributed by atoms with Crippen molar-refractivity contribution in [3.8, 4) is 0 Å². The van der Waals surface area contributed by atoms with Crippen LogP contribution in [0.4, 0.5) is 0 Å². The maximum atomic E-state index is 12.3. The number of nitrogens with zero attached hydrogens (tertiary/aromatic N) is 3. The van der Waals surface area contributed by atoms with Gasteiger partial charge in [0.2, 0.25) is 0 Å². The Morgan fingerprint density at radius 3 is 3.00 bits per heavy atom. The quantitative estimate of drug-likeness (QED) is 0.814. The van der Waals surface area contributed by atoms with E-state index in [9.17, 15) is 4.79 Å². The molecule has 106 valence electrons. The monoisotopic (exact) mass is 266 g/mol. The van der Waals surface area contributed by atoms with Gasteiger partial charge in [0.05, 0.1) is 12.6 Å². The molecule has 2 atom stereocenters. The molecule has 1 aliphatic carbocycles. The lowest BCUT2D eigenvalue weighted by Gasteiger charge is -2.30. The lowest BCUT2D eigenvalue weighted by atomic mass is 9.96. The lowest BCUT2D eigenvalue weighted by molar-refractivity contribution is -0.151. The Bertz CT molecular complexity index is 418. The molecule has 0 aliphatic heterocycles. The minimum atomic E-state index is -0.583. The molecule has 1 aliphatic rings. The molecule has 0 spiro atoms. The van der Waals surface area contributed by atoms with Gasteiger partial charge in [-0.2, -0.15) is 5.10 Å². The van der Waals surface area contributed by atoms with Crippen LogP contribution in [0.3, 0.4) is 0 Å². The van der Waals surface area contributed by atoms with E-state index in [1.807, 2.05) is 25.5 Å². The van der Waals surface area contributed by atoms with E-state index in [4.69, 9.17) is 4.74 Å². The van der Waals surface area contributed by atoms with Gasteiger partial charge in [-0.05, 0) is 40.0 Å². The largest absolute Gasteiger partial charge is 0.465 e. The van der Waals surface area contributed by atoms with Crippen molar-refractivity contribution in [1.82, 2.24) is 20.1 Å². The maximum Gasteiger partial charge on any atom is 0.326 e. The first kappa shape index (κ1) is 14.0. The second kappa shape index (κ2) is 5.69. The zero-order valence-electron chi connectivity index (χ0n) is 11.8. The van der Waals surface area contributed by atoms with Crippen molar-refractivity contribution in [1.29, 1.82) is 0 Å². The molecule has 0 amide bonds. The summed E-state index contributed by atoms with van der Waals surface area (Å²) in [5.41, 5.74) is -0.583. The van der Waals surface area contributed by atoms with E-state index in [-0.39, 0.29) is 18.1 Å². The van der Waals surface area contributed by atoms with Crippen molar-refractivity contribution in [2.45, 2.75) is 57.7 Å². The summed E-state index contributed by atoms with van der Waals surface area (Å²) in [5.74, 6) is -0.147. The van der Waals surface area contributed by atoms with Crippen molar-refractivity contribution in [3.63, 3.8) is 0 Å². The lowest BCUT2D eigenvalue weighted by Crippen LogP contribution is -2.53. The number of ether oxygens (including phenoxy) is 1. The number of carbonyl (C=O) groups excluding carboxylic acids is 1. The smallest absolute Gasteiger partial charge is 0.326 e. The molecule has 19 heavy (non-hydrogen) atoms. The van der Waals surface area contributed by atoms with Gasteiger partial charge in [0, 0.05) is 6.04 Å². The predicted octanol–water partition coefficient (Wildman–Crippen LogP) is 1.30. The van der Waals surface area contributed by atoms with Crippen LogP contribution in [0.25, 0.3) is 0 Å². The molecule has 0 radical (unpaired) electrons. The highest BCUT2D eigenvalue weighted by Gasteiger charge is 2.47. The minimum Gasteiger partial charge on any atom is -0.465 e. The molecule has 1 fully saturated rings. The summed E-state index contributed by atoms with van der Waals surface area (Å²) in [6.07, 6.45) is 5.62. The van der Waals surface area contributed by atoms with Gasteiger partial charge in [0.15, 0.2) is 0 Å². The van der Waals surface area contributed by atoms with Crippen molar-refractivity contribution in [2.75, 3.05) is 6.61 Å². The van der Waals surface area contributed by atoms with Gasteiger partial charge >= 0.3 is 5.97 Å². The Balaban J connectivity index is 2.14. The van der Waals surface area contributed by atoms with E-state index < -0.39 is 5.54 Å². The fourth-order valence-corrected chi connectivity index (χ4v) is 2.85. The van der Waals surface area contributed by atoms with Crippen molar-refractivity contribution < 1.29 is 9.53 Å². The minimum absolute atomic E-state index is 0.147. The standard InChI is InChI=1S/C13H22N4O2/c1-4-19-12(18)13(16-10(2)3)6-5-11(7-13)17-9-14-8-15-17/h8-11,16H,4-7H2,1-3H3. The zero-order valence-corrected chi connectivity index (χ0v) is 11.8. The molecule has 6 nitrogen and oxygen atoms in total. The summed E-state index contributed by atoms with van der Waals surface area (Å²) in [7, 11) is 0. The topological polar surface area (TPSA) is 69.0 Å². The number of carbonyl (C=O) groups is 1. The number of rotatable bonds is 5. The number of nitrogens with one attached hydrogen (secondary N) is 1. The van der Waals surface area contributed by atoms with Crippen LogP contribution in [-0.2, 0) is 9.53 Å². The summed E-state index contributed by atoms with van der Waals surface area (Å²) in [6.45, 7) is 6.34. The molecule has 2 rings (SSSR count). The SMILES string of the molecule is CCOC(=O)C1(NC(C)C)CCC(n2cncn2)C1. The fourth-order valence-electron chi connectivity index (χ4n) is 2.85. The van der Waals surface area contributed by atoms with E-state index >= 15 is 0 Å². The molecule has 6 heteroatoms. The van der Waals surface area contributed by atoms with Crippen LogP contribution in [0.1, 0.15) is 46.1 Å². The van der Waals surface area contributed by atoms with E-state index in [0.29, 0.717) is 13.0 Å². The Morgan fingerprint density at radius 1 is 1.63 bits per heavy atom. The first-order chi connectivity index (χ1) is 9.07. The summed E-state index contributed by atoms with van der Waals surface area (Å²) >= 11 is 0. The first-order valence-corrected chi connectivity index (χ1v) is 6.86. The van der Waals surface area contributed by atoms with Gasteiger partial charge < -0.3 is 4.74 Å². The number of hydrogen-bond acceptors (Lipinski definition) is 5. The van der Waals surface area contributed by atoms with Crippen molar-refractivity contribution in [2.24, 2.45) is 0 Å². The van der Waals surface area contributed by atoms with E-state index in [1.54, 1.807) is 6.33 Å². The van der Waals surface area contributed by atoms with Crippen LogP contribution in [0.15, 0.2) is 12.7 Å². The highest BCUT2D eigenvalue weighted by atomic mass is 16.5. The molecular formula is C13H22N4O2. The number of hydrogen-bond donors (Lipinski definition) is 1. The summed E-state index contributed by atoms with van der Waals surface area (Å²) in [5, 5.41) is 7.57. The van der Waals surface area contributed by atoms with E-state index in [0.717, 1.165) is 12.8 Å². The van der Waals surface area contributed by atoms with Gasteiger partial charge in [-0.1, -0.05) is 0 Å². The average Bonchev–Trinajstić information content (AvgIpc) is 2.97. The van der Waals surface area contributed by atoms with Gasteiger partial charge in [0.25, 0.3) is 0 Å². The fraction of sp³-hybridized carbons (Fsp3) is 0.769. The normalized spacial score (nSPS) is 26.8. The van der Waals surface area contributed by atoms with Gasteiger partial charge in [0.1, 0.15) is 18.2 Å². The third-order valence-corrected chi connectivity index (χ3v) is 3.53. The second-order valence-corrected chi connectivity index (χ2v) is 5.37. The third kappa shape index (κ3) is 2.94. The molecule has 1 saturated carbocycles. The number of aromatic nitrogens is 3. The van der Waals surface area contributed by atoms with Gasteiger partial charge in [-0.25, -0.2) is 9.67 Å².